The second kappa shape index (κ2) is 15.0. The summed E-state index contributed by atoms with van der Waals surface area (Å²) in [6.07, 6.45) is -1.72. The van der Waals surface area contributed by atoms with Crippen molar-refractivity contribution in [1.29, 1.82) is 0 Å². The molecule has 0 heterocycles. The van der Waals surface area contributed by atoms with Crippen LogP contribution in [0.4, 0.5) is 13.2 Å². The van der Waals surface area contributed by atoms with E-state index in [4.69, 9.17) is 0 Å². The van der Waals surface area contributed by atoms with Crippen LogP contribution in [-0.4, -0.2) is 44.5 Å². The summed E-state index contributed by atoms with van der Waals surface area (Å²) in [6.45, 7) is 1.85. The van der Waals surface area contributed by atoms with Gasteiger partial charge in [0.15, 0.2) is 0 Å². The Morgan fingerprint density at radius 2 is 1.56 bits per heavy atom. The van der Waals surface area contributed by atoms with E-state index in [1.807, 2.05) is 37.3 Å². The van der Waals surface area contributed by atoms with Gasteiger partial charge < -0.3 is 15.7 Å². The summed E-state index contributed by atoms with van der Waals surface area (Å²) < 4.78 is 66.4. The number of hydrogen-bond acceptors (Lipinski definition) is 5. The molecule has 1 aliphatic carbocycles. The maximum atomic E-state index is 13.2. The molecule has 1 saturated carbocycles. The molecular weight excluding hydrogens is 583 g/mol. The molecule has 228 valence electrons. The number of aliphatic carboxylic acids is 1. The van der Waals surface area contributed by atoms with Gasteiger partial charge in [0.25, 0.3) is 0 Å². The molecule has 2 unspecified atom stereocenters. The highest BCUT2D eigenvalue weighted by Crippen LogP contribution is 2.31. The number of amides is 1. The van der Waals surface area contributed by atoms with Gasteiger partial charge in [-0.2, -0.15) is 13.2 Å². The normalized spacial score (nSPS) is 19.8. The molecule has 0 saturated heterocycles. The summed E-state index contributed by atoms with van der Waals surface area (Å²) in [5, 5.41) is 15.4. The van der Waals surface area contributed by atoms with Crippen LogP contribution in [0.25, 0.3) is 0 Å². The lowest BCUT2D eigenvalue weighted by Crippen LogP contribution is -2.42. The lowest BCUT2D eigenvalue weighted by Gasteiger charge is -2.30. The molecule has 8 nitrogen and oxygen atoms in total. The summed E-state index contributed by atoms with van der Waals surface area (Å²) in [4.78, 5) is 24.5. The van der Waals surface area contributed by atoms with Crippen molar-refractivity contribution in [2.24, 2.45) is 11.8 Å². The fraction of sp³-hybridized carbons (Fsp3) is 0.500. The third-order valence-electron chi connectivity index (χ3n) is 7.49. The van der Waals surface area contributed by atoms with Crippen LogP contribution in [0, 0.1) is 11.8 Å². The first-order chi connectivity index (χ1) is 18.8. The maximum absolute atomic E-state index is 13.2. The number of alkyl halides is 3. The zero-order valence-corrected chi connectivity index (χ0v) is 24.5. The molecule has 0 aromatic heterocycles. The largest absolute Gasteiger partial charge is 0.480 e. The SMILES string of the molecule is CNC(C(=O)O)C(C)CC[C@H](NC(=O)C1CCC(NS(=O)(=O)c2ccc(C(F)(F)F)cc2)CC1)c1ccccc1.Cl. The van der Waals surface area contributed by atoms with Gasteiger partial charge >= 0.3 is 12.1 Å². The smallest absolute Gasteiger partial charge is 0.416 e. The molecule has 13 heteroatoms. The highest BCUT2D eigenvalue weighted by molar-refractivity contribution is 7.89. The molecule has 3 atom stereocenters. The van der Waals surface area contributed by atoms with Gasteiger partial charge in [0.2, 0.25) is 15.9 Å². The Labute approximate surface area is 244 Å². The number of carboxylic acids is 1. The molecule has 3 rings (SSSR count). The fourth-order valence-electron chi connectivity index (χ4n) is 5.13. The van der Waals surface area contributed by atoms with Crippen LogP contribution in [0.5, 0.6) is 0 Å². The van der Waals surface area contributed by atoms with Crippen LogP contribution in [-0.2, 0) is 25.8 Å². The summed E-state index contributed by atoms with van der Waals surface area (Å²) in [5.74, 6) is -1.56. The molecule has 41 heavy (non-hydrogen) atoms. The average Bonchev–Trinajstić information content (AvgIpc) is 2.91. The van der Waals surface area contributed by atoms with Crippen LogP contribution in [0.1, 0.15) is 62.6 Å². The molecule has 2 aromatic rings. The highest BCUT2D eigenvalue weighted by atomic mass is 35.5. The third kappa shape index (κ3) is 9.69. The Morgan fingerprint density at radius 1 is 0.976 bits per heavy atom. The molecule has 0 radical (unpaired) electrons. The molecule has 0 aliphatic heterocycles. The third-order valence-corrected chi connectivity index (χ3v) is 9.02. The second-order valence-corrected chi connectivity index (χ2v) is 12.0. The fourth-order valence-corrected chi connectivity index (χ4v) is 6.43. The first-order valence-electron chi connectivity index (χ1n) is 13.3. The highest BCUT2D eigenvalue weighted by Gasteiger charge is 2.33. The van der Waals surface area contributed by atoms with Crippen LogP contribution in [0.3, 0.4) is 0 Å². The number of carbonyl (C=O) groups excluding carboxylic acids is 1. The lowest BCUT2D eigenvalue weighted by atomic mass is 9.85. The van der Waals surface area contributed by atoms with Crippen LogP contribution < -0.4 is 15.4 Å². The van der Waals surface area contributed by atoms with Crippen LogP contribution >= 0.6 is 12.4 Å². The minimum absolute atomic E-state index is 0. The van der Waals surface area contributed by atoms with Gasteiger partial charge in [0.05, 0.1) is 16.5 Å². The van der Waals surface area contributed by atoms with Gasteiger partial charge in [0.1, 0.15) is 6.04 Å². The predicted octanol–water partition coefficient (Wildman–Crippen LogP) is 4.91. The minimum atomic E-state index is -4.56. The second-order valence-electron chi connectivity index (χ2n) is 10.3. The number of hydrogen-bond donors (Lipinski definition) is 4. The zero-order chi connectivity index (χ0) is 29.5. The minimum Gasteiger partial charge on any atom is -0.480 e. The Bertz CT molecular complexity index is 1240. The Balaban J connectivity index is 0.00000588. The number of likely N-dealkylation sites (N-methyl/N-ethyl adjacent to an activating group) is 1. The van der Waals surface area contributed by atoms with Gasteiger partial charge in [-0.1, -0.05) is 37.3 Å². The van der Waals surface area contributed by atoms with Crippen LogP contribution in [0.15, 0.2) is 59.5 Å². The Morgan fingerprint density at radius 3 is 2.07 bits per heavy atom. The van der Waals surface area contributed by atoms with Crippen molar-refractivity contribution < 1.29 is 36.3 Å². The number of rotatable bonds is 12. The van der Waals surface area contributed by atoms with E-state index in [1.54, 1.807) is 7.05 Å². The van der Waals surface area contributed by atoms with E-state index >= 15 is 0 Å². The van der Waals surface area contributed by atoms with Crippen molar-refractivity contribution in [3.63, 3.8) is 0 Å². The van der Waals surface area contributed by atoms with Crippen molar-refractivity contribution in [2.75, 3.05) is 7.05 Å². The van der Waals surface area contributed by atoms with Crippen molar-refractivity contribution in [2.45, 2.75) is 74.6 Å². The molecule has 0 bridgehead atoms. The van der Waals surface area contributed by atoms with E-state index in [-0.39, 0.29) is 41.1 Å². The van der Waals surface area contributed by atoms with E-state index in [9.17, 15) is 36.3 Å². The molecule has 1 fully saturated rings. The molecule has 1 amide bonds. The molecular formula is C28H37ClF3N3O5S. The van der Waals surface area contributed by atoms with Gasteiger partial charge in [0, 0.05) is 12.0 Å². The zero-order valence-electron chi connectivity index (χ0n) is 22.9. The van der Waals surface area contributed by atoms with E-state index in [2.05, 4.69) is 15.4 Å². The standard InChI is InChI=1S/C28H36F3N3O5S.ClH/c1-18(25(32-2)27(36)37)8-17-24(19-6-4-3-5-7-19)33-26(35)20-9-13-22(14-10-20)34-40(38,39)23-15-11-21(12-16-23)28(29,30)31;/h3-7,11-12,15-16,18,20,22,24-25,32,34H,8-10,13-14,17H2,1-2H3,(H,33,35)(H,36,37);1H/t18?,20?,22?,24-,25?;/m0./s1. The van der Waals surface area contributed by atoms with Gasteiger partial charge in [-0.15, -0.1) is 12.4 Å². The topological polar surface area (TPSA) is 125 Å². The van der Waals surface area contributed by atoms with Crippen molar-refractivity contribution in [3.05, 3.63) is 65.7 Å². The van der Waals surface area contributed by atoms with Crippen molar-refractivity contribution >= 4 is 34.3 Å². The summed E-state index contributed by atoms with van der Waals surface area (Å²) in [6, 6.07) is 11.3. The Kier molecular flexibility index (Phi) is 12.6. The van der Waals surface area contributed by atoms with Gasteiger partial charge in [-0.25, -0.2) is 13.1 Å². The first kappa shape index (κ1) is 34.5. The number of carboxylic acid groups (broad SMARTS) is 1. The quantitative estimate of drug-likeness (QED) is 0.268. The summed E-state index contributed by atoms with van der Waals surface area (Å²) in [7, 11) is -2.41. The summed E-state index contributed by atoms with van der Waals surface area (Å²) in [5.41, 5.74) is -0.0117. The van der Waals surface area contributed by atoms with E-state index in [0.29, 0.717) is 38.5 Å². The lowest BCUT2D eigenvalue weighted by molar-refractivity contribution is -0.141. The van der Waals surface area contributed by atoms with Crippen molar-refractivity contribution in [1.82, 2.24) is 15.4 Å². The molecule has 1 aliphatic rings. The van der Waals surface area contributed by atoms with E-state index < -0.39 is 39.8 Å². The van der Waals surface area contributed by atoms with E-state index in [0.717, 1.165) is 29.8 Å². The number of sulfonamides is 1. The summed E-state index contributed by atoms with van der Waals surface area (Å²) >= 11 is 0. The van der Waals surface area contributed by atoms with Gasteiger partial charge in [-0.05, 0) is 81.3 Å². The van der Waals surface area contributed by atoms with Gasteiger partial charge in [-0.3, -0.25) is 9.59 Å². The number of benzene rings is 2. The molecule has 0 spiro atoms. The number of nitrogens with one attached hydrogen (secondary N) is 3. The van der Waals surface area contributed by atoms with Crippen LogP contribution in [0.2, 0.25) is 0 Å². The Hall–Kier alpha value is -2.67. The van der Waals surface area contributed by atoms with Crippen molar-refractivity contribution in [3.8, 4) is 0 Å². The monoisotopic (exact) mass is 619 g/mol. The number of carbonyl (C=O) groups is 2. The molecule has 2 aromatic carbocycles. The maximum Gasteiger partial charge on any atom is 0.416 e. The number of halogens is 4. The van der Waals surface area contributed by atoms with E-state index in [1.165, 1.54) is 0 Å². The average molecular weight is 620 g/mol. The molecule has 4 N–H and O–H groups in total. The first-order valence-corrected chi connectivity index (χ1v) is 14.7. The predicted molar refractivity (Wildman–Crippen MR) is 151 cm³/mol.